The largest absolute Gasteiger partial charge is 0.396 e. The van der Waals surface area contributed by atoms with E-state index >= 15 is 0 Å². The van der Waals surface area contributed by atoms with Crippen LogP contribution in [0.1, 0.15) is 48.2 Å². The highest BCUT2D eigenvalue weighted by Crippen LogP contribution is 2.23. The van der Waals surface area contributed by atoms with Gasteiger partial charge >= 0.3 is 0 Å². The van der Waals surface area contributed by atoms with Crippen LogP contribution in [0.15, 0.2) is 6.20 Å². The lowest BCUT2D eigenvalue weighted by Gasteiger charge is -2.35. The number of carbonyl (C=O) groups excluding carboxylic acids is 1. The van der Waals surface area contributed by atoms with E-state index in [-0.39, 0.29) is 18.6 Å². The summed E-state index contributed by atoms with van der Waals surface area (Å²) in [6.07, 6.45) is 6.32. The minimum absolute atomic E-state index is 0.0460. The SMILES string of the molecule is Cc1c(C(=O)N2CCCCC2CCO)cnn1CCCN. The number of aryl methyl sites for hydroxylation is 1. The van der Waals surface area contributed by atoms with Crippen molar-refractivity contribution in [1.29, 1.82) is 0 Å². The zero-order valence-corrected chi connectivity index (χ0v) is 12.8. The van der Waals surface area contributed by atoms with E-state index in [1.165, 1.54) is 0 Å². The molecule has 0 aliphatic carbocycles. The van der Waals surface area contributed by atoms with Crippen LogP contribution in [0, 0.1) is 6.92 Å². The number of piperidine rings is 1. The molecule has 0 saturated carbocycles. The highest BCUT2D eigenvalue weighted by Gasteiger charge is 2.28. The van der Waals surface area contributed by atoms with Crippen molar-refractivity contribution in [2.45, 2.75) is 51.6 Å². The fourth-order valence-electron chi connectivity index (χ4n) is 2.99. The number of hydrogen-bond acceptors (Lipinski definition) is 4. The Morgan fingerprint density at radius 3 is 3.05 bits per heavy atom. The first-order chi connectivity index (χ1) is 10.2. The molecule has 1 amide bonds. The van der Waals surface area contributed by atoms with Gasteiger partial charge in [-0.2, -0.15) is 5.10 Å². The predicted molar refractivity (Wildman–Crippen MR) is 81.0 cm³/mol. The lowest BCUT2D eigenvalue weighted by molar-refractivity contribution is 0.0573. The number of aromatic nitrogens is 2. The van der Waals surface area contributed by atoms with Crippen molar-refractivity contribution < 1.29 is 9.90 Å². The van der Waals surface area contributed by atoms with E-state index in [9.17, 15) is 9.90 Å². The Hall–Kier alpha value is -1.40. The van der Waals surface area contributed by atoms with E-state index in [0.29, 0.717) is 18.5 Å². The molecule has 1 saturated heterocycles. The lowest BCUT2D eigenvalue weighted by Crippen LogP contribution is -2.44. The molecule has 0 spiro atoms. The number of carbonyl (C=O) groups is 1. The van der Waals surface area contributed by atoms with Crippen LogP contribution in [0.2, 0.25) is 0 Å². The molecule has 1 aliphatic rings. The third-order valence-corrected chi connectivity index (χ3v) is 4.26. The minimum Gasteiger partial charge on any atom is -0.396 e. The molecule has 2 rings (SSSR count). The molecule has 0 bridgehead atoms. The molecule has 1 fully saturated rings. The second-order valence-electron chi connectivity index (χ2n) is 5.67. The molecule has 1 aromatic heterocycles. The number of likely N-dealkylation sites (tertiary alicyclic amines) is 1. The van der Waals surface area contributed by atoms with E-state index in [0.717, 1.165) is 44.5 Å². The Bertz CT molecular complexity index is 470. The summed E-state index contributed by atoms with van der Waals surface area (Å²) >= 11 is 0. The maximum Gasteiger partial charge on any atom is 0.257 e. The fourth-order valence-corrected chi connectivity index (χ4v) is 2.99. The van der Waals surface area contributed by atoms with Gasteiger partial charge in [0.15, 0.2) is 0 Å². The maximum atomic E-state index is 12.8. The van der Waals surface area contributed by atoms with Gasteiger partial charge in [-0.3, -0.25) is 9.48 Å². The van der Waals surface area contributed by atoms with Gasteiger partial charge in [-0.05, 0) is 45.6 Å². The molecule has 0 aromatic carbocycles. The topological polar surface area (TPSA) is 84.4 Å². The molecule has 6 nitrogen and oxygen atoms in total. The van der Waals surface area contributed by atoms with Crippen molar-refractivity contribution in [3.8, 4) is 0 Å². The molecule has 1 unspecified atom stereocenters. The lowest BCUT2D eigenvalue weighted by atomic mass is 9.98. The highest BCUT2D eigenvalue weighted by molar-refractivity contribution is 5.95. The molecule has 1 atom stereocenters. The number of amides is 1. The average molecular weight is 294 g/mol. The predicted octanol–water partition coefficient (Wildman–Crippen LogP) is 0.917. The molecule has 2 heterocycles. The standard InChI is InChI=1S/C15H26N4O2/c1-12-14(11-17-19(12)9-4-7-16)15(21)18-8-3-2-5-13(18)6-10-20/h11,13,20H,2-10,16H2,1H3. The maximum absolute atomic E-state index is 12.8. The fraction of sp³-hybridized carbons (Fsp3) is 0.733. The molecule has 6 heteroatoms. The number of nitrogens with two attached hydrogens (primary N) is 1. The highest BCUT2D eigenvalue weighted by atomic mass is 16.3. The normalized spacial score (nSPS) is 19.0. The molecule has 1 aliphatic heterocycles. The van der Waals surface area contributed by atoms with Gasteiger partial charge in [0.1, 0.15) is 0 Å². The van der Waals surface area contributed by atoms with Crippen LogP contribution in [-0.2, 0) is 6.54 Å². The van der Waals surface area contributed by atoms with Gasteiger partial charge in [0.2, 0.25) is 0 Å². The van der Waals surface area contributed by atoms with Gasteiger partial charge in [0, 0.05) is 31.4 Å². The van der Waals surface area contributed by atoms with Crippen molar-refractivity contribution >= 4 is 5.91 Å². The summed E-state index contributed by atoms with van der Waals surface area (Å²) in [5, 5.41) is 13.5. The smallest absolute Gasteiger partial charge is 0.257 e. The van der Waals surface area contributed by atoms with Gasteiger partial charge in [0.25, 0.3) is 5.91 Å². The average Bonchev–Trinajstić information content (AvgIpc) is 2.86. The van der Waals surface area contributed by atoms with E-state index < -0.39 is 0 Å². The Balaban J connectivity index is 2.12. The third kappa shape index (κ3) is 3.63. The zero-order valence-electron chi connectivity index (χ0n) is 12.8. The zero-order chi connectivity index (χ0) is 15.2. The number of rotatable bonds is 6. The first kappa shape index (κ1) is 16.0. The summed E-state index contributed by atoms with van der Waals surface area (Å²) in [5.41, 5.74) is 7.10. The molecule has 118 valence electrons. The van der Waals surface area contributed by atoms with Crippen molar-refractivity contribution in [3.63, 3.8) is 0 Å². The summed E-state index contributed by atoms with van der Waals surface area (Å²) in [6.45, 7) is 4.20. The van der Waals surface area contributed by atoms with Crippen LogP contribution in [0.4, 0.5) is 0 Å². The Morgan fingerprint density at radius 2 is 2.33 bits per heavy atom. The van der Waals surface area contributed by atoms with Crippen molar-refractivity contribution in [3.05, 3.63) is 17.5 Å². The Labute approximate surface area is 125 Å². The van der Waals surface area contributed by atoms with Crippen LogP contribution in [-0.4, -0.2) is 51.4 Å². The monoisotopic (exact) mass is 294 g/mol. The second kappa shape index (κ2) is 7.56. The molecule has 1 aromatic rings. The van der Waals surface area contributed by atoms with Crippen molar-refractivity contribution in [2.75, 3.05) is 19.7 Å². The number of hydrogen-bond donors (Lipinski definition) is 2. The van der Waals surface area contributed by atoms with Gasteiger partial charge < -0.3 is 15.7 Å². The van der Waals surface area contributed by atoms with E-state index in [1.54, 1.807) is 6.20 Å². The van der Waals surface area contributed by atoms with E-state index in [1.807, 2.05) is 16.5 Å². The first-order valence-electron chi connectivity index (χ1n) is 7.83. The van der Waals surface area contributed by atoms with Crippen molar-refractivity contribution in [1.82, 2.24) is 14.7 Å². The quantitative estimate of drug-likeness (QED) is 0.817. The molecule has 21 heavy (non-hydrogen) atoms. The summed E-state index contributed by atoms with van der Waals surface area (Å²) in [6, 6.07) is 0.156. The summed E-state index contributed by atoms with van der Waals surface area (Å²) in [7, 11) is 0. The third-order valence-electron chi connectivity index (χ3n) is 4.26. The Kier molecular flexibility index (Phi) is 5.76. The van der Waals surface area contributed by atoms with Crippen LogP contribution in [0.25, 0.3) is 0 Å². The van der Waals surface area contributed by atoms with E-state index in [2.05, 4.69) is 5.10 Å². The minimum atomic E-state index is 0.0460. The molecular formula is C15H26N4O2. The van der Waals surface area contributed by atoms with Gasteiger partial charge in [-0.25, -0.2) is 0 Å². The van der Waals surface area contributed by atoms with Crippen LogP contribution < -0.4 is 5.73 Å². The van der Waals surface area contributed by atoms with Gasteiger partial charge in [-0.1, -0.05) is 0 Å². The van der Waals surface area contributed by atoms with Crippen LogP contribution >= 0.6 is 0 Å². The number of aliphatic hydroxyl groups is 1. The molecular weight excluding hydrogens is 268 g/mol. The summed E-state index contributed by atoms with van der Waals surface area (Å²) in [5.74, 6) is 0.0460. The second-order valence-corrected chi connectivity index (χ2v) is 5.67. The van der Waals surface area contributed by atoms with Crippen LogP contribution in [0.5, 0.6) is 0 Å². The molecule has 3 N–H and O–H groups in total. The number of nitrogens with zero attached hydrogens (tertiary/aromatic N) is 3. The van der Waals surface area contributed by atoms with Crippen LogP contribution in [0.3, 0.4) is 0 Å². The number of aliphatic hydroxyl groups excluding tert-OH is 1. The molecule has 0 radical (unpaired) electrons. The summed E-state index contributed by atoms with van der Waals surface area (Å²) < 4.78 is 1.85. The van der Waals surface area contributed by atoms with E-state index in [4.69, 9.17) is 5.73 Å². The van der Waals surface area contributed by atoms with Crippen molar-refractivity contribution in [2.24, 2.45) is 5.73 Å². The van der Waals surface area contributed by atoms with Gasteiger partial charge in [-0.15, -0.1) is 0 Å². The summed E-state index contributed by atoms with van der Waals surface area (Å²) in [4.78, 5) is 14.7. The first-order valence-corrected chi connectivity index (χ1v) is 7.83. The van der Waals surface area contributed by atoms with Gasteiger partial charge in [0.05, 0.1) is 11.8 Å². The Morgan fingerprint density at radius 1 is 1.52 bits per heavy atom.